The van der Waals surface area contributed by atoms with Crippen molar-refractivity contribution >= 4 is 39.2 Å². The number of methoxy groups -OCH3 is 1. The number of ether oxygens (including phenoxy) is 2. The lowest BCUT2D eigenvalue weighted by Gasteiger charge is -2.29. The number of carbonyl (C=O) groups is 2. The van der Waals surface area contributed by atoms with E-state index in [0.717, 1.165) is 23.2 Å². The Morgan fingerprint density at radius 3 is 2.74 bits per heavy atom. The Hall–Kier alpha value is -2.10. The molecule has 1 saturated heterocycles. The van der Waals surface area contributed by atoms with Crippen molar-refractivity contribution in [3.8, 4) is 0 Å². The molecule has 0 spiro atoms. The molecule has 146 valence electrons. The van der Waals surface area contributed by atoms with Gasteiger partial charge in [-0.25, -0.2) is 4.79 Å². The molecular weight excluding hydrogens is 418 g/mol. The van der Waals surface area contributed by atoms with Gasteiger partial charge >= 0.3 is 5.97 Å². The number of benzene rings is 1. The van der Waals surface area contributed by atoms with Gasteiger partial charge in [-0.1, -0.05) is 0 Å². The smallest absolute Gasteiger partial charge is 0.337 e. The predicted octanol–water partition coefficient (Wildman–Crippen LogP) is 0.959. The standard InChI is InChI=1S/C18H22BrN3O5/c1-26-18(25)13-11-22(4-7-23)17(24)16(13)20-12-2-3-15(14(19)10-12)21-5-8-27-9-6-21/h2-3,10,20,23H,4-9,11H2,1H3. The van der Waals surface area contributed by atoms with E-state index in [1.54, 1.807) is 0 Å². The minimum absolute atomic E-state index is 0.113. The molecule has 1 aromatic rings. The average Bonchev–Trinajstić information content (AvgIpc) is 2.98. The van der Waals surface area contributed by atoms with Crippen molar-refractivity contribution in [2.45, 2.75) is 0 Å². The van der Waals surface area contributed by atoms with Crippen molar-refractivity contribution in [2.75, 3.05) is 63.3 Å². The van der Waals surface area contributed by atoms with E-state index < -0.39 is 5.97 Å². The van der Waals surface area contributed by atoms with Crippen LogP contribution in [0.15, 0.2) is 33.9 Å². The normalized spacial score (nSPS) is 17.5. The summed E-state index contributed by atoms with van der Waals surface area (Å²) in [5.74, 6) is -0.895. The summed E-state index contributed by atoms with van der Waals surface area (Å²) in [4.78, 5) is 28.3. The molecule has 1 amide bonds. The molecule has 27 heavy (non-hydrogen) atoms. The number of esters is 1. The number of morpholine rings is 1. The highest BCUT2D eigenvalue weighted by Gasteiger charge is 2.34. The number of β-amino-alcohol motifs (C(OH)–C–C–N with tert-alkyl or cyclic N) is 1. The third-order valence-corrected chi connectivity index (χ3v) is 5.16. The molecule has 0 atom stereocenters. The van der Waals surface area contributed by atoms with Gasteiger partial charge in [0.2, 0.25) is 0 Å². The summed E-state index contributed by atoms with van der Waals surface area (Å²) in [5.41, 5.74) is 2.16. The molecule has 2 aliphatic heterocycles. The highest BCUT2D eigenvalue weighted by atomic mass is 79.9. The highest BCUT2D eigenvalue weighted by Crippen LogP contribution is 2.31. The number of halogens is 1. The molecule has 0 aromatic heterocycles. The number of nitrogens with one attached hydrogen (secondary N) is 1. The maximum Gasteiger partial charge on any atom is 0.337 e. The van der Waals surface area contributed by atoms with Crippen LogP contribution in [0.25, 0.3) is 0 Å². The van der Waals surface area contributed by atoms with Crippen molar-refractivity contribution in [2.24, 2.45) is 0 Å². The molecule has 2 aliphatic rings. The topological polar surface area (TPSA) is 91.3 Å². The van der Waals surface area contributed by atoms with E-state index >= 15 is 0 Å². The van der Waals surface area contributed by atoms with Crippen molar-refractivity contribution in [1.29, 1.82) is 0 Å². The average molecular weight is 440 g/mol. The van der Waals surface area contributed by atoms with Gasteiger partial charge in [0.25, 0.3) is 5.91 Å². The summed E-state index contributed by atoms with van der Waals surface area (Å²) in [6.45, 7) is 3.11. The molecule has 2 N–H and O–H groups in total. The minimum Gasteiger partial charge on any atom is -0.466 e. The minimum atomic E-state index is -0.560. The first-order chi connectivity index (χ1) is 13.0. The number of amides is 1. The van der Waals surface area contributed by atoms with Gasteiger partial charge in [0, 0.05) is 29.8 Å². The van der Waals surface area contributed by atoms with Gasteiger partial charge in [0.1, 0.15) is 5.70 Å². The molecule has 2 heterocycles. The van der Waals surface area contributed by atoms with E-state index in [0.29, 0.717) is 18.9 Å². The summed E-state index contributed by atoms with van der Waals surface area (Å²) < 4.78 is 11.1. The maximum absolute atomic E-state index is 12.6. The van der Waals surface area contributed by atoms with Crippen LogP contribution in [0.1, 0.15) is 0 Å². The van der Waals surface area contributed by atoms with Gasteiger partial charge in [-0.3, -0.25) is 4.79 Å². The molecule has 1 fully saturated rings. The quantitative estimate of drug-likeness (QED) is 0.637. The van der Waals surface area contributed by atoms with E-state index in [-0.39, 0.29) is 36.9 Å². The predicted molar refractivity (Wildman–Crippen MR) is 104 cm³/mol. The second-order valence-electron chi connectivity index (χ2n) is 6.19. The van der Waals surface area contributed by atoms with Gasteiger partial charge in [-0.05, 0) is 34.1 Å². The first-order valence-electron chi connectivity index (χ1n) is 8.66. The SMILES string of the molecule is COC(=O)C1=C(Nc2ccc(N3CCOCC3)c(Br)c2)C(=O)N(CCO)C1. The molecule has 0 unspecified atom stereocenters. The van der Waals surface area contributed by atoms with Crippen LogP contribution in [0, 0.1) is 0 Å². The third-order valence-electron chi connectivity index (χ3n) is 4.52. The van der Waals surface area contributed by atoms with Crippen LogP contribution in [0.5, 0.6) is 0 Å². The van der Waals surface area contributed by atoms with Crippen LogP contribution in [0.2, 0.25) is 0 Å². The molecule has 0 saturated carbocycles. The Labute approximate surface area is 165 Å². The lowest BCUT2D eigenvalue weighted by molar-refractivity contribution is -0.136. The van der Waals surface area contributed by atoms with Gasteiger partial charge in [-0.2, -0.15) is 0 Å². The monoisotopic (exact) mass is 439 g/mol. The Bertz CT molecular complexity index is 761. The molecule has 0 radical (unpaired) electrons. The number of carbonyl (C=O) groups excluding carboxylic acids is 2. The summed E-state index contributed by atoms with van der Waals surface area (Å²) in [7, 11) is 1.28. The summed E-state index contributed by atoms with van der Waals surface area (Å²) in [6.07, 6.45) is 0. The van der Waals surface area contributed by atoms with E-state index in [1.165, 1.54) is 12.0 Å². The van der Waals surface area contributed by atoms with Crippen molar-refractivity contribution in [3.05, 3.63) is 33.9 Å². The summed E-state index contributed by atoms with van der Waals surface area (Å²) in [5, 5.41) is 12.2. The lowest BCUT2D eigenvalue weighted by Crippen LogP contribution is -2.36. The second kappa shape index (κ2) is 8.73. The van der Waals surface area contributed by atoms with Crippen LogP contribution in [-0.2, 0) is 19.1 Å². The molecule has 9 heteroatoms. The van der Waals surface area contributed by atoms with E-state index in [9.17, 15) is 9.59 Å². The maximum atomic E-state index is 12.6. The fourth-order valence-corrected chi connectivity index (χ4v) is 3.77. The zero-order chi connectivity index (χ0) is 19.4. The zero-order valence-electron chi connectivity index (χ0n) is 15.0. The van der Waals surface area contributed by atoms with E-state index in [1.807, 2.05) is 18.2 Å². The fraction of sp³-hybridized carbons (Fsp3) is 0.444. The highest BCUT2D eigenvalue weighted by molar-refractivity contribution is 9.10. The van der Waals surface area contributed by atoms with E-state index in [2.05, 4.69) is 26.1 Å². The first-order valence-corrected chi connectivity index (χ1v) is 9.45. The fourth-order valence-electron chi connectivity index (χ4n) is 3.14. The number of nitrogens with zero attached hydrogens (tertiary/aromatic N) is 2. The largest absolute Gasteiger partial charge is 0.466 e. The number of anilines is 2. The van der Waals surface area contributed by atoms with E-state index in [4.69, 9.17) is 14.6 Å². The number of aliphatic hydroxyl groups excluding tert-OH is 1. The Balaban J connectivity index is 1.82. The molecular formula is C18H22BrN3O5. The number of rotatable bonds is 6. The van der Waals surface area contributed by atoms with Crippen molar-refractivity contribution < 1.29 is 24.2 Å². The molecule has 0 aliphatic carbocycles. The molecule has 8 nitrogen and oxygen atoms in total. The Morgan fingerprint density at radius 2 is 2.11 bits per heavy atom. The first kappa shape index (κ1) is 19.7. The van der Waals surface area contributed by atoms with Crippen molar-refractivity contribution in [3.63, 3.8) is 0 Å². The third kappa shape index (κ3) is 4.26. The summed E-state index contributed by atoms with van der Waals surface area (Å²) in [6, 6.07) is 5.69. The molecule has 1 aromatic carbocycles. The second-order valence-corrected chi connectivity index (χ2v) is 7.04. The van der Waals surface area contributed by atoms with Crippen molar-refractivity contribution in [1.82, 2.24) is 4.90 Å². The van der Waals surface area contributed by atoms with Gasteiger partial charge < -0.3 is 29.7 Å². The van der Waals surface area contributed by atoms with Crippen LogP contribution in [0.3, 0.4) is 0 Å². The van der Waals surface area contributed by atoms with Crippen LogP contribution >= 0.6 is 15.9 Å². The Kier molecular flexibility index (Phi) is 6.35. The molecule has 0 bridgehead atoms. The number of aliphatic hydroxyl groups is 1. The van der Waals surface area contributed by atoms with Gasteiger partial charge in [-0.15, -0.1) is 0 Å². The van der Waals surface area contributed by atoms with Gasteiger partial charge in [0.15, 0.2) is 0 Å². The van der Waals surface area contributed by atoms with Crippen LogP contribution < -0.4 is 10.2 Å². The number of hydrogen-bond donors (Lipinski definition) is 2. The Morgan fingerprint density at radius 1 is 1.37 bits per heavy atom. The lowest BCUT2D eigenvalue weighted by atomic mass is 10.2. The summed E-state index contributed by atoms with van der Waals surface area (Å²) >= 11 is 3.58. The zero-order valence-corrected chi connectivity index (χ0v) is 16.6. The van der Waals surface area contributed by atoms with Crippen LogP contribution in [-0.4, -0.2) is 75.0 Å². The number of hydrogen-bond acceptors (Lipinski definition) is 7. The van der Waals surface area contributed by atoms with Gasteiger partial charge in [0.05, 0.1) is 44.7 Å². The molecule has 3 rings (SSSR count). The van der Waals surface area contributed by atoms with Crippen LogP contribution in [0.4, 0.5) is 11.4 Å².